The zero-order valence-corrected chi connectivity index (χ0v) is 27.2. The molecule has 170 valence electrons. The molecule has 0 N–H and O–H groups in total. The van der Waals surface area contributed by atoms with Crippen LogP contribution in [0, 0.1) is 11.5 Å². The third-order valence-electron chi connectivity index (χ3n) is 5.77. The zero-order chi connectivity index (χ0) is 21.5. The Labute approximate surface area is 224 Å². The molecule has 0 amide bonds. The number of fused-ring (bicyclic) bond motifs is 1. The molecule has 0 saturated heterocycles. The van der Waals surface area contributed by atoms with Crippen LogP contribution in [0.3, 0.4) is 0 Å². The van der Waals surface area contributed by atoms with E-state index in [4.69, 9.17) is 0 Å². The first-order valence-electron chi connectivity index (χ1n) is 10.4. The van der Waals surface area contributed by atoms with Crippen LogP contribution in [0.15, 0.2) is 53.1 Å². The summed E-state index contributed by atoms with van der Waals surface area (Å²) in [7, 11) is -0.185. The normalized spacial score (nSPS) is 15.4. The first-order chi connectivity index (χ1) is 12.6. The maximum Gasteiger partial charge on any atom is 4.00 e. The van der Waals surface area contributed by atoms with Gasteiger partial charge in [0.1, 0.15) is 0 Å². The van der Waals surface area contributed by atoms with E-state index in [0.29, 0.717) is 10.3 Å². The van der Waals surface area contributed by atoms with Crippen molar-refractivity contribution < 1.29 is 50.7 Å². The first-order valence-corrected chi connectivity index (χ1v) is 11.7. The van der Waals surface area contributed by atoms with E-state index in [1.165, 1.54) is 27.5 Å². The van der Waals surface area contributed by atoms with Crippen molar-refractivity contribution in [2.45, 2.75) is 86.5 Å². The molecule has 0 bridgehead atoms. The van der Waals surface area contributed by atoms with E-state index in [-0.39, 0.29) is 64.0 Å². The summed E-state index contributed by atoms with van der Waals surface area (Å²) in [6.45, 7) is 25.2. The van der Waals surface area contributed by atoms with Crippen molar-refractivity contribution in [3.63, 3.8) is 0 Å². The molecule has 0 radical (unpaired) electrons. The van der Waals surface area contributed by atoms with Gasteiger partial charge < -0.3 is 24.8 Å². The van der Waals surface area contributed by atoms with E-state index in [9.17, 15) is 0 Å². The quantitative estimate of drug-likeness (QED) is 0.255. The van der Waals surface area contributed by atoms with Gasteiger partial charge >= 0.3 is 25.8 Å². The van der Waals surface area contributed by atoms with Gasteiger partial charge in [-0.3, -0.25) is 6.08 Å². The van der Waals surface area contributed by atoms with Crippen LogP contribution in [0.4, 0.5) is 0 Å². The largest absolute Gasteiger partial charge is 4.00 e. The molecular weight excluding hydrogens is 605 g/mol. The molecule has 0 heterocycles. The SMILES string of the molecule is CC(C)(C)P(c1cc2ccccc2[cH-]1)C(C)(C)C.CC1=[C-]C(C)(C)C(C)=C1C.[Cl-].[Cl-].[Hf+4]. The Bertz CT molecular complexity index is 858. The minimum Gasteiger partial charge on any atom is -1.00 e. The summed E-state index contributed by atoms with van der Waals surface area (Å²) < 4.78 is 0. The minimum atomic E-state index is -0.185. The van der Waals surface area contributed by atoms with Gasteiger partial charge in [-0.25, -0.2) is 5.57 Å². The van der Waals surface area contributed by atoms with Gasteiger partial charge in [0.2, 0.25) is 0 Å². The summed E-state index contributed by atoms with van der Waals surface area (Å²) in [6, 6.07) is 13.5. The van der Waals surface area contributed by atoms with Crippen LogP contribution in [-0.4, -0.2) is 10.3 Å². The molecule has 0 aromatic heterocycles. The number of allylic oxidation sites excluding steroid dienone is 4. The van der Waals surface area contributed by atoms with E-state index in [0.717, 1.165) is 0 Å². The predicted molar refractivity (Wildman–Crippen MR) is 130 cm³/mol. The molecule has 0 nitrogen and oxygen atoms in total. The van der Waals surface area contributed by atoms with Crippen LogP contribution < -0.4 is 30.1 Å². The Kier molecular flexibility index (Phi) is 13.0. The molecule has 0 fully saturated rings. The number of benzene rings is 1. The summed E-state index contributed by atoms with van der Waals surface area (Å²) in [6.07, 6.45) is 3.44. The molecule has 0 aliphatic heterocycles. The van der Waals surface area contributed by atoms with Crippen LogP contribution >= 0.6 is 7.92 Å². The topological polar surface area (TPSA) is 0 Å². The average Bonchev–Trinajstić information content (AvgIpc) is 2.99. The van der Waals surface area contributed by atoms with Gasteiger partial charge in [0.15, 0.2) is 0 Å². The van der Waals surface area contributed by atoms with E-state index in [1.807, 2.05) is 0 Å². The zero-order valence-electron chi connectivity index (χ0n) is 21.2. The second-order valence-electron chi connectivity index (χ2n) is 10.6. The van der Waals surface area contributed by atoms with Gasteiger partial charge in [0.05, 0.1) is 0 Å². The Hall–Kier alpha value is 0.190. The molecule has 1 aliphatic carbocycles. The van der Waals surface area contributed by atoms with Gasteiger partial charge in [-0.2, -0.15) is 17.2 Å². The third kappa shape index (κ3) is 8.17. The molecule has 3 rings (SSSR count). The van der Waals surface area contributed by atoms with Crippen molar-refractivity contribution >= 4 is 24.0 Å². The number of hydrogen-bond donors (Lipinski definition) is 0. The molecule has 2 aromatic rings. The molecule has 0 saturated carbocycles. The van der Waals surface area contributed by atoms with E-state index >= 15 is 0 Å². The fourth-order valence-electron chi connectivity index (χ4n) is 4.45. The maximum absolute atomic E-state index is 3.44. The van der Waals surface area contributed by atoms with Crippen molar-refractivity contribution in [3.8, 4) is 0 Å². The summed E-state index contributed by atoms with van der Waals surface area (Å²) in [4.78, 5) is 0. The van der Waals surface area contributed by atoms with Gasteiger partial charge in [-0.05, 0) is 10.3 Å². The predicted octanol–water partition coefficient (Wildman–Crippen LogP) is 2.38. The van der Waals surface area contributed by atoms with Crippen LogP contribution in [0.25, 0.3) is 10.8 Å². The Balaban J connectivity index is 0. The van der Waals surface area contributed by atoms with Crippen molar-refractivity contribution in [1.82, 2.24) is 0 Å². The van der Waals surface area contributed by atoms with Crippen molar-refractivity contribution in [2.75, 3.05) is 0 Å². The van der Waals surface area contributed by atoms with E-state index in [2.05, 4.69) is 119 Å². The monoisotopic (exact) mass is 644 g/mol. The first kappa shape index (κ1) is 33.4. The summed E-state index contributed by atoms with van der Waals surface area (Å²) >= 11 is 0. The van der Waals surface area contributed by atoms with Crippen LogP contribution in [0.1, 0.15) is 76.2 Å². The third-order valence-corrected chi connectivity index (χ3v) is 9.22. The Morgan fingerprint density at radius 1 is 0.871 bits per heavy atom. The standard InChI is InChI=1S/C17H24P.C10H15.2ClH.Hf/c1-16(2,3)18(17(4,5)6)15-11-13-9-7-8-10-14(13)12-15;1-7-6-10(4,5)9(3)8(7)2;;;/h7-12H,1-6H3;1-5H3;2*1H;/q2*-1;;;+4/p-2. The second-order valence-corrected chi connectivity index (χ2v) is 14.5. The van der Waals surface area contributed by atoms with Gasteiger partial charge in [0.25, 0.3) is 0 Å². The Morgan fingerprint density at radius 3 is 1.68 bits per heavy atom. The molecule has 1 aliphatic rings. The van der Waals surface area contributed by atoms with E-state index in [1.54, 1.807) is 5.30 Å². The van der Waals surface area contributed by atoms with Crippen molar-refractivity contribution in [3.05, 3.63) is 59.2 Å². The van der Waals surface area contributed by atoms with Crippen LogP contribution in [0.5, 0.6) is 0 Å². The number of halogens is 2. The molecule has 4 heteroatoms. The number of rotatable bonds is 1. The summed E-state index contributed by atoms with van der Waals surface area (Å²) in [5, 5.41) is 5.00. The van der Waals surface area contributed by atoms with Gasteiger partial charge in [-0.1, -0.05) is 88.6 Å². The summed E-state index contributed by atoms with van der Waals surface area (Å²) in [5.74, 6) is 0. The molecule has 0 spiro atoms. The molecule has 0 unspecified atom stereocenters. The van der Waals surface area contributed by atoms with Crippen LogP contribution in [0.2, 0.25) is 0 Å². The molecule has 2 aromatic carbocycles. The van der Waals surface area contributed by atoms with Gasteiger partial charge in [-0.15, -0.1) is 47.3 Å². The molecule has 0 atom stereocenters. The molecular formula is C27H39Cl2HfP. The van der Waals surface area contributed by atoms with Crippen LogP contribution in [-0.2, 0) is 25.8 Å². The maximum atomic E-state index is 3.44. The average molecular weight is 644 g/mol. The van der Waals surface area contributed by atoms with Crippen molar-refractivity contribution in [2.24, 2.45) is 5.41 Å². The smallest absolute Gasteiger partial charge is 1.00 e. The molecule has 31 heavy (non-hydrogen) atoms. The number of hydrogen-bond acceptors (Lipinski definition) is 0. The minimum absolute atomic E-state index is 0. The summed E-state index contributed by atoms with van der Waals surface area (Å²) in [5.41, 5.74) is 4.39. The van der Waals surface area contributed by atoms with Gasteiger partial charge in [0, 0.05) is 0 Å². The van der Waals surface area contributed by atoms with Crippen molar-refractivity contribution in [1.29, 1.82) is 0 Å². The fourth-order valence-corrected chi connectivity index (χ4v) is 8.55. The second kappa shape index (κ2) is 12.1. The van der Waals surface area contributed by atoms with E-state index < -0.39 is 0 Å². The fraction of sp³-hybridized carbons (Fsp3) is 0.519. The Morgan fingerprint density at radius 2 is 1.35 bits per heavy atom.